The third-order valence-electron chi connectivity index (χ3n) is 2.71. The van der Waals surface area contributed by atoms with Gasteiger partial charge in [0.05, 0.1) is 6.61 Å². The van der Waals surface area contributed by atoms with E-state index >= 15 is 0 Å². The van der Waals surface area contributed by atoms with Gasteiger partial charge in [-0.25, -0.2) is 0 Å². The highest BCUT2D eigenvalue weighted by atomic mass is 28.4. The van der Waals surface area contributed by atoms with Gasteiger partial charge in [0, 0.05) is 0 Å². The first-order valence-electron chi connectivity index (χ1n) is 4.65. The Morgan fingerprint density at radius 1 is 1.38 bits per heavy atom. The average Bonchev–Trinajstić information content (AvgIpc) is 1.98. The second-order valence-corrected chi connectivity index (χ2v) is 9.72. The van der Waals surface area contributed by atoms with Crippen molar-refractivity contribution in [1.82, 2.24) is 0 Å². The van der Waals surface area contributed by atoms with Gasteiger partial charge < -0.3 is 4.43 Å². The molecule has 0 N–H and O–H groups in total. The molecule has 0 aromatic carbocycles. The average molecular weight is 198 g/mol. The molecule has 0 amide bonds. The first-order valence-corrected chi connectivity index (χ1v) is 7.56. The molecule has 1 nitrogen and oxygen atoms in total. The molecule has 0 atom stereocenters. The first-order chi connectivity index (χ1) is 5.70. The van der Waals surface area contributed by atoms with Crippen LogP contribution in [-0.2, 0) is 4.43 Å². The van der Waals surface area contributed by atoms with E-state index in [2.05, 4.69) is 47.0 Å². The van der Waals surface area contributed by atoms with E-state index in [-0.39, 0.29) is 5.04 Å². The molecule has 0 aromatic heterocycles. The topological polar surface area (TPSA) is 9.23 Å². The lowest BCUT2D eigenvalue weighted by Crippen LogP contribution is -2.41. The molecular weight excluding hydrogens is 176 g/mol. The van der Waals surface area contributed by atoms with E-state index in [4.69, 9.17) is 4.43 Å². The Labute approximate surface area is 83.6 Å². The van der Waals surface area contributed by atoms with E-state index in [1.165, 1.54) is 0 Å². The van der Waals surface area contributed by atoms with Crippen molar-refractivity contribution < 1.29 is 4.43 Å². The zero-order valence-electron chi connectivity index (χ0n) is 9.61. The Morgan fingerprint density at radius 3 is 2.15 bits per heavy atom. The highest BCUT2D eigenvalue weighted by Gasteiger charge is 2.36. The Balaban J connectivity index is 4.19. The van der Waals surface area contributed by atoms with Crippen LogP contribution in [0.1, 0.15) is 20.8 Å². The van der Waals surface area contributed by atoms with Crippen LogP contribution in [0.5, 0.6) is 0 Å². The summed E-state index contributed by atoms with van der Waals surface area (Å²) in [5.74, 6) is 0. The van der Waals surface area contributed by atoms with Crippen LogP contribution in [0.2, 0.25) is 18.1 Å². The molecule has 0 spiro atoms. The van der Waals surface area contributed by atoms with Crippen LogP contribution in [0.3, 0.4) is 0 Å². The molecule has 0 aliphatic carbocycles. The van der Waals surface area contributed by atoms with Crippen molar-refractivity contribution in [2.24, 2.45) is 0 Å². The Morgan fingerprint density at radius 2 is 1.85 bits per heavy atom. The van der Waals surface area contributed by atoms with Gasteiger partial charge in [-0.05, 0) is 23.7 Å². The molecule has 0 unspecified atom stereocenters. The third-order valence-corrected chi connectivity index (χ3v) is 7.19. The molecule has 0 bridgehead atoms. The summed E-state index contributed by atoms with van der Waals surface area (Å²) in [7, 11) is -1.59. The van der Waals surface area contributed by atoms with Gasteiger partial charge in [0.1, 0.15) is 0 Å². The van der Waals surface area contributed by atoms with E-state index < -0.39 is 8.32 Å². The minimum absolute atomic E-state index is 0.272. The Hall–Kier alpha value is -0.343. The lowest BCUT2D eigenvalue weighted by atomic mass is 10.2. The minimum Gasteiger partial charge on any atom is -0.413 e. The molecule has 0 radical (unpaired) electrons. The van der Waals surface area contributed by atoms with Gasteiger partial charge in [-0.15, -0.1) is 0 Å². The van der Waals surface area contributed by atoms with Crippen LogP contribution < -0.4 is 0 Å². The molecule has 0 rings (SSSR count). The van der Waals surface area contributed by atoms with E-state index in [1.54, 1.807) is 6.08 Å². The predicted octanol–water partition coefficient (Wildman–Crippen LogP) is 3.75. The highest BCUT2D eigenvalue weighted by Crippen LogP contribution is 2.36. The largest absolute Gasteiger partial charge is 0.413 e. The Kier molecular flexibility index (Phi) is 4.13. The molecule has 0 aliphatic heterocycles. The monoisotopic (exact) mass is 198 g/mol. The van der Waals surface area contributed by atoms with Crippen LogP contribution in [0.4, 0.5) is 0 Å². The molecule has 2 heteroatoms. The van der Waals surface area contributed by atoms with Crippen LogP contribution in [0.15, 0.2) is 24.8 Å². The van der Waals surface area contributed by atoms with E-state index in [0.29, 0.717) is 6.61 Å². The van der Waals surface area contributed by atoms with E-state index in [1.807, 2.05) is 0 Å². The van der Waals surface area contributed by atoms with Crippen molar-refractivity contribution >= 4 is 8.32 Å². The van der Waals surface area contributed by atoms with Gasteiger partial charge in [0.2, 0.25) is 0 Å². The van der Waals surface area contributed by atoms with Crippen molar-refractivity contribution in [2.75, 3.05) is 6.61 Å². The molecule has 13 heavy (non-hydrogen) atoms. The van der Waals surface area contributed by atoms with E-state index in [9.17, 15) is 0 Å². The molecular formula is C11H22OSi. The van der Waals surface area contributed by atoms with Gasteiger partial charge in [-0.1, -0.05) is 40.0 Å². The SMILES string of the molecule is C=CC(=C)CO[Si](C)(C)C(C)(C)C. The summed E-state index contributed by atoms with van der Waals surface area (Å²) in [6.07, 6.45) is 1.76. The molecule has 0 saturated heterocycles. The van der Waals surface area contributed by atoms with Crippen molar-refractivity contribution in [2.45, 2.75) is 38.9 Å². The summed E-state index contributed by atoms with van der Waals surface area (Å²) < 4.78 is 5.91. The maximum absolute atomic E-state index is 5.91. The summed E-state index contributed by atoms with van der Waals surface area (Å²) in [4.78, 5) is 0. The van der Waals surface area contributed by atoms with Gasteiger partial charge >= 0.3 is 0 Å². The normalized spacial score (nSPS) is 12.7. The molecule has 0 aliphatic rings. The third kappa shape index (κ3) is 3.92. The zero-order chi connectivity index (χ0) is 10.7. The number of hydrogen-bond acceptors (Lipinski definition) is 1. The number of hydrogen-bond donors (Lipinski definition) is 0. The van der Waals surface area contributed by atoms with Gasteiger partial charge in [0.15, 0.2) is 8.32 Å². The fraction of sp³-hybridized carbons (Fsp3) is 0.636. The summed E-state index contributed by atoms with van der Waals surface area (Å²) in [6.45, 7) is 19.3. The number of rotatable bonds is 4. The molecule has 0 fully saturated rings. The van der Waals surface area contributed by atoms with Crippen molar-refractivity contribution in [3.8, 4) is 0 Å². The molecule has 76 valence electrons. The lowest BCUT2D eigenvalue weighted by molar-refractivity contribution is 0.322. The maximum Gasteiger partial charge on any atom is 0.192 e. The van der Waals surface area contributed by atoms with Gasteiger partial charge in [-0.2, -0.15) is 0 Å². The van der Waals surface area contributed by atoms with Crippen molar-refractivity contribution in [3.05, 3.63) is 24.8 Å². The summed E-state index contributed by atoms with van der Waals surface area (Å²) in [5, 5.41) is 0.272. The quantitative estimate of drug-likeness (QED) is 0.494. The highest BCUT2D eigenvalue weighted by molar-refractivity contribution is 6.74. The van der Waals surface area contributed by atoms with Crippen LogP contribution >= 0.6 is 0 Å². The van der Waals surface area contributed by atoms with Crippen LogP contribution in [0.25, 0.3) is 0 Å². The summed E-state index contributed by atoms with van der Waals surface area (Å²) >= 11 is 0. The predicted molar refractivity (Wildman–Crippen MR) is 62.5 cm³/mol. The maximum atomic E-state index is 5.91. The Bertz CT molecular complexity index is 199. The second kappa shape index (κ2) is 4.25. The van der Waals surface area contributed by atoms with Gasteiger partial charge in [-0.3, -0.25) is 0 Å². The lowest BCUT2D eigenvalue weighted by Gasteiger charge is -2.36. The standard InChI is InChI=1S/C11H22OSi/c1-8-10(2)9-12-13(6,7)11(3,4)5/h8H,1-2,9H2,3-7H3. The first kappa shape index (κ1) is 12.7. The molecule has 0 aromatic rings. The van der Waals surface area contributed by atoms with Crippen molar-refractivity contribution in [1.29, 1.82) is 0 Å². The van der Waals surface area contributed by atoms with Gasteiger partial charge in [0.25, 0.3) is 0 Å². The van der Waals surface area contributed by atoms with Crippen LogP contribution in [-0.4, -0.2) is 14.9 Å². The minimum atomic E-state index is -1.59. The zero-order valence-corrected chi connectivity index (χ0v) is 10.6. The second-order valence-electron chi connectivity index (χ2n) is 4.91. The van der Waals surface area contributed by atoms with E-state index in [0.717, 1.165) is 5.57 Å². The fourth-order valence-electron chi connectivity index (χ4n) is 0.549. The summed E-state index contributed by atoms with van der Waals surface area (Å²) in [5.41, 5.74) is 0.963. The van der Waals surface area contributed by atoms with Crippen LogP contribution in [0, 0.1) is 0 Å². The summed E-state index contributed by atoms with van der Waals surface area (Å²) in [6, 6.07) is 0. The fourth-order valence-corrected chi connectivity index (χ4v) is 1.53. The molecule has 0 saturated carbocycles. The smallest absolute Gasteiger partial charge is 0.192 e. The molecule has 0 heterocycles. The van der Waals surface area contributed by atoms with Crippen molar-refractivity contribution in [3.63, 3.8) is 0 Å².